The zero-order valence-electron chi connectivity index (χ0n) is 12.4. The molecule has 1 aliphatic heterocycles. The Hall–Kier alpha value is -0.620. The normalized spacial score (nSPS) is 25.7. The Bertz CT molecular complexity index is 549. The van der Waals surface area contributed by atoms with E-state index >= 15 is 0 Å². The van der Waals surface area contributed by atoms with Gasteiger partial charge in [-0.3, -0.25) is 0 Å². The second kappa shape index (κ2) is 7.09. The van der Waals surface area contributed by atoms with Crippen molar-refractivity contribution < 1.29 is 13.2 Å². The van der Waals surface area contributed by atoms with Gasteiger partial charge in [-0.15, -0.1) is 11.6 Å². The van der Waals surface area contributed by atoms with E-state index in [2.05, 4.69) is 0 Å². The quantitative estimate of drug-likeness (QED) is 0.779. The zero-order chi connectivity index (χ0) is 15.5. The summed E-state index contributed by atoms with van der Waals surface area (Å²) in [7, 11) is -3.31. The number of hydrogen-bond donors (Lipinski definition) is 0. The van der Waals surface area contributed by atoms with Crippen LogP contribution >= 0.6 is 11.6 Å². The van der Waals surface area contributed by atoms with Crippen LogP contribution in [0.3, 0.4) is 0 Å². The lowest BCUT2D eigenvalue weighted by atomic mass is 10.0. The number of rotatable bonds is 5. The van der Waals surface area contributed by atoms with E-state index in [9.17, 15) is 8.42 Å². The van der Waals surface area contributed by atoms with Gasteiger partial charge in [-0.1, -0.05) is 37.3 Å². The second-order valence-electron chi connectivity index (χ2n) is 5.63. The van der Waals surface area contributed by atoms with Crippen LogP contribution in [0.4, 0.5) is 0 Å². The molecular weight excluding hydrogens is 310 g/mol. The summed E-state index contributed by atoms with van der Waals surface area (Å²) in [5.74, 6) is 0.382. The predicted molar refractivity (Wildman–Crippen MR) is 85.3 cm³/mol. The summed E-state index contributed by atoms with van der Waals surface area (Å²) in [4.78, 5) is 0. The highest BCUT2D eigenvalue weighted by atomic mass is 35.5. The molecule has 6 heteroatoms. The van der Waals surface area contributed by atoms with Crippen LogP contribution in [0, 0.1) is 0 Å². The molecule has 118 valence electrons. The van der Waals surface area contributed by atoms with Crippen molar-refractivity contribution in [3.05, 3.63) is 35.9 Å². The van der Waals surface area contributed by atoms with Crippen LogP contribution in [-0.2, 0) is 14.8 Å². The van der Waals surface area contributed by atoms with Gasteiger partial charge in [0.25, 0.3) is 0 Å². The minimum Gasteiger partial charge on any atom is -0.371 e. The van der Waals surface area contributed by atoms with Gasteiger partial charge < -0.3 is 4.74 Å². The van der Waals surface area contributed by atoms with Gasteiger partial charge in [0.1, 0.15) is 0 Å². The Balaban J connectivity index is 2.07. The van der Waals surface area contributed by atoms with Gasteiger partial charge in [0, 0.05) is 19.0 Å². The molecule has 21 heavy (non-hydrogen) atoms. The third-order valence-corrected chi connectivity index (χ3v) is 6.04. The molecule has 1 heterocycles. The van der Waals surface area contributed by atoms with E-state index in [-0.39, 0.29) is 23.9 Å². The number of benzene rings is 1. The van der Waals surface area contributed by atoms with Gasteiger partial charge in [0.05, 0.1) is 18.0 Å². The first kappa shape index (κ1) is 16.7. The van der Waals surface area contributed by atoms with Gasteiger partial charge in [0.2, 0.25) is 10.0 Å². The highest BCUT2D eigenvalue weighted by molar-refractivity contribution is 7.89. The summed E-state index contributed by atoms with van der Waals surface area (Å²) < 4.78 is 32.3. The lowest BCUT2D eigenvalue weighted by molar-refractivity contribution is -0.0423. The molecule has 4 nitrogen and oxygen atoms in total. The lowest BCUT2D eigenvalue weighted by Gasteiger charge is -2.35. The van der Waals surface area contributed by atoms with Crippen LogP contribution in [0.15, 0.2) is 30.3 Å². The van der Waals surface area contributed by atoms with Crippen LogP contribution in [0.25, 0.3) is 0 Å². The smallest absolute Gasteiger partial charge is 0.214 e. The summed E-state index contributed by atoms with van der Waals surface area (Å²) in [5, 5.41) is 0. The highest BCUT2D eigenvalue weighted by Gasteiger charge is 2.33. The molecule has 0 aromatic heterocycles. The Morgan fingerprint density at radius 2 is 2.00 bits per heavy atom. The maximum atomic E-state index is 12.6. The van der Waals surface area contributed by atoms with Crippen molar-refractivity contribution in [2.24, 2.45) is 0 Å². The SMILES string of the molecule is CC1CN(S(=O)(=O)CC(C)c2ccccc2)CC(CCl)O1. The molecule has 1 saturated heterocycles. The van der Waals surface area contributed by atoms with E-state index in [1.54, 1.807) is 0 Å². The number of morpholine rings is 1. The number of alkyl halides is 1. The van der Waals surface area contributed by atoms with Crippen molar-refractivity contribution in [1.29, 1.82) is 0 Å². The fourth-order valence-corrected chi connectivity index (χ4v) is 4.65. The van der Waals surface area contributed by atoms with E-state index < -0.39 is 10.0 Å². The average molecular weight is 332 g/mol. The first-order valence-electron chi connectivity index (χ1n) is 7.16. The summed E-state index contributed by atoms with van der Waals surface area (Å²) in [5.41, 5.74) is 1.04. The van der Waals surface area contributed by atoms with Crippen molar-refractivity contribution in [2.75, 3.05) is 24.7 Å². The Morgan fingerprint density at radius 3 is 2.62 bits per heavy atom. The molecule has 0 bridgehead atoms. The van der Waals surface area contributed by atoms with Crippen molar-refractivity contribution in [3.8, 4) is 0 Å². The second-order valence-corrected chi connectivity index (χ2v) is 7.95. The fraction of sp³-hybridized carbons (Fsp3) is 0.600. The summed E-state index contributed by atoms with van der Waals surface area (Å²) >= 11 is 5.82. The largest absolute Gasteiger partial charge is 0.371 e. The van der Waals surface area contributed by atoms with Crippen LogP contribution in [-0.4, -0.2) is 49.7 Å². The Morgan fingerprint density at radius 1 is 1.33 bits per heavy atom. The van der Waals surface area contributed by atoms with Crippen LogP contribution in [0.5, 0.6) is 0 Å². The minimum atomic E-state index is -3.31. The van der Waals surface area contributed by atoms with Gasteiger partial charge in [-0.2, -0.15) is 4.31 Å². The predicted octanol–water partition coefficient (Wildman–Crippen LogP) is 2.45. The first-order valence-corrected chi connectivity index (χ1v) is 9.31. The third-order valence-electron chi connectivity index (χ3n) is 3.69. The van der Waals surface area contributed by atoms with Gasteiger partial charge in [-0.25, -0.2) is 8.42 Å². The molecule has 0 amide bonds. The molecule has 0 N–H and O–H groups in total. The van der Waals surface area contributed by atoms with Gasteiger partial charge in [0.15, 0.2) is 0 Å². The fourth-order valence-electron chi connectivity index (χ4n) is 2.61. The number of sulfonamides is 1. The topological polar surface area (TPSA) is 46.6 Å². The number of hydrogen-bond acceptors (Lipinski definition) is 3. The van der Waals surface area contributed by atoms with Crippen molar-refractivity contribution in [3.63, 3.8) is 0 Å². The van der Waals surface area contributed by atoms with E-state index in [0.29, 0.717) is 19.0 Å². The van der Waals surface area contributed by atoms with Crippen molar-refractivity contribution in [1.82, 2.24) is 4.31 Å². The molecule has 1 aliphatic rings. The molecule has 1 aromatic rings. The number of halogens is 1. The molecule has 0 aliphatic carbocycles. The van der Waals surface area contributed by atoms with Gasteiger partial charge >= 0.3 is 0 Å². The molecule has 1 aromatic carbocycles. The van der Waals surface area contributed by atoms with E-state index in [1.807, 2.05) is 44.2 Å². The van der Waals surface area contributed by atoms with Crippen molar-refractivity contribution >= 4 is 21.6 Å². The van der Waals surface area contributed by atoms with E-state index in [1.165, 1.54) is 4.31 Å². The molecule has 2 rings (SSSR count). The summed E-state index contributed by atoms with van der Waals surface area (Å²) in [6.07, 6.45) is -0.346. The molecular formula is C15H22ClNO3S. The highest BCUT2D eigenvalue weighted by Crippen LogP contribution is 2.22. The lowest BCUT2D eigenvalue weighted by Crippen LogP contribution is -2.50. The third kappa shape index (κ3) is 4.42. The molecule has 1 fully saturated rings. The molecule has 3 atom stereocenters. The van der Waals surface area contributed by atoms with Gasteiger partial charge in [-0.05, 0) is 18.4 Å². The van der Waals surface area contributed by atoms with E-state index in [0.717, 1.165) is 5.56 Å². The molecule has 3 unspecified atom stereocenters. The summed E-state index contributed by atoms with van der Waals surface area (Å²) in [6, 6.07) is 9.71. The average Bonchev–Trinajstić information content (AvgIpc) is 2.47. The summed E-state index contributed by atoms with van der Waals surface area (Å²) in [6.45, 7) is 4.56. The van der Waals surface area contributed by atoms with Crippen LogP contribution in [0.2, 0.25) is 0 Å². The number of ether oxygens (including phenoxy) is 1. The molecule has 0 radical (unpaired) electrons. The van der Waals surface area contributed by atoms with Crippen LogP contribution in [0.1, 0.15) is 25.3 Å². The monoisotopic (exact) mass is 331 g/mol. The first-order chi connectivity index (χ1) is 9.92. The van der Waals surface area contributed by atoms with E-state index in [4.69, 9.17) is 16.3 Å². The van der Waals surface area contributed by atoms with Crippen LogP contribution < -0.4 is 0 Å². The Labute approximate surface area is 132 Å². The zero-order valence-corrected chi connectivity index (χ0v) is 14.0. The Kier molecular flexibility index (Phi) is 5.66. The molecule has 0 saturated carbocycles. The molecule has 0 spiro atoms. The van der Waals surface area contributed by atoms with Crippen molar-refractivity contribution in [2.45, 2.75) is 32.0 Å². The minimum absolute atomic E-state index is 0.0381. The number of nitrogens with zero attached hydrogens (tertiary/aromatic N) is 1. The standard InChI is InChI=1S/C15H22ClNO3S/c1-12(14-6-4-3-5-7-14)11-21(18,19)17-9-13(2)20-15(8-16)10-17/h3-7,12-13,15H,8-11H2,1-2H3. The maximum absolute atomic E-state index is 12.6. The maximum Gasteiger partial charge on any atom is 0.214 e.